The van der Waals surface area contributed by atoms with Crippen molar-refractivity contribution >= 4 is 50.6 Å². The maximum absolute atomic E-state index is 12.8. The molecule has 0 spiro atoms. The minimum Gasteiger partial charge on any atom is -0.373 e. The van der Waals surface area contributed by atoms with Crippen molar-refractivity contribution in [3.8, 4) is 0 Å². The van der Waals surface area contributed by atoms with Gasteiger partial charge in [-0.3, -0.25) is 9.52 Å². The lowest BCUT2D eigenvalue weighted by Crippen LogP contribution is -2.52. The summed E-state index contributed by atoms with van der Waals surface area (Å²) in [4.78, 5) is 15.2. The van der Waals surface area contributed by atoms with Crippen molar-refractivity contribution in [2.24, 2.45) is 0 Å². The van der Waals surface area contributed by atoms with Crippen LogP contribution in [0.2, 0.25) is 10.0 Å². The molecular formula is C16H14Cl2F3N3O4S. The number of hydrogen-bond acceptors (Lipinski definition) is 5. The van der Waals surface area contributed by atoms with Crippen LogP contribution in [0.15, 0.2) is 35.4 Å². The minimum absolute atomic E-state index is 0.00129. The number of halogens is 5. The third kappa shape index (κ3) is 4.92. The molecule has 0 aliphatic heterocycles. The van der Waals surface area contributed by atoms with Gasteiger partial charge >= 0.3 is 6.18 Å². The van der Waals surface area contributed by atoms with E-state index in [0.29, 0.717) is 0 Å². The fourth-order valence-corrected chi connectivity index (χ4v) is 3.76. The average Bonchev–Trinajstić information content (AvgIpc) is 2.59. The van der Waals surface area contributed by atoms with E-state index < -0.39 is 48.3 Å². The second kappa shape index (κ2) is 7.98. The van der Waals surface area contributed by atoms with Crippen LogP contribution in [0.1, 0.15) is 12.5 Å². The molecule has 1 unspecified atom stereocenters. The summed E-state index contributed by atoms with van der Waals surface area (Å²) >= 11 is 11.9. The normalized spacial score (nSPS) is 14.2. The number of sulfonamides is 1. The van der Waals surface area contributed by atoms with Gasteiger partial charge in [0, 0.05) is 6.20 Å². The summed E-state index contributed by atoms with van der Waals surface area (Å²) in [6.07, 6.45) is -3.82. The van der Waals surface area contributed by atoms with Gasteiger partial charge in [0.05, 0.1) is 15.7 Å². The summed E-state index contributed by atoms with van der Waals surface area (Å²) in [6.45, 7) is 2.01. The first-order valence-corrected chi connectivity index (χ1v) is 9.95. The number of aliphatic hydroxyl groups is 1. The molecule has 158 valence electrons. The molecule has 3 N–H and O–H groups in total. The zero-order valence-electron chi connectivity index (χ0n) is 14.8. The van der Waals surface area contributed by atoms with Gasteiger partial charge in [0.2, 0.25) is 5.60 Å². The molecular weight excluding hydrogens is 458 g/mol. The van der Waals surface area contributed by atoms with Crippen LogP contribution >= 0.6 is 23.2 Å². The molecule has 1 heterocycles. The van der Waals surface area contributed by atoms with Gasteiger partial charge < -0.3 is 10.4 Å². The first-order valence-electron chi connectivity index (χ1n) is 7.71. The van der Waals surface area contributed by atoms with Crippen LogP contribution in [0.3, 0.4) is 0 Å². The highest BCUT2D eigenvalue weighted by molar-refractivity contribution is 7.92. The SMILES string of the molecule is Cc1ccc(NS(=O)(=O)c2ccc(NC(=O)C(C)(O)C(F)(F)F)c(Cl)c2Cl)nc1. The molecule has 0 bridgehead atoms. The van der Waals surface area contributed by atoms with Crippen molar-refractivity contribution in [1.82, 2.24) is 4.98 Å². The van der Waals surface area contributed by atoms with Gasteiger partial charge in [-0.05, 0) is 37.6 Å². The number of amides is 1. The third-order valence-electron chi connectivity index (χ3n) is 3.73. The van der Waals surface area contributed by atoms with Crippen molar-refractivity contribution in [3.63, 3.8) is 0 Å². The number of nitrogens with zero attached hydrogens (tertiary/aromatic N) is 1. The Morgan fingerprint density at radius 3 is 2.28 bits per heavy atom. The smallest absolute Gasteiger partial charge is 0.373 e. The number of hydrogen-bond donors (Lipinski definition) is 3. The standard InChI is InChI=1S/C16H14Cl2F3N3O4S/c1-8-3-6-11(22-7-8)24-29(27,28)10-5-4-9(12(17)13(10)18)23-14(25)15(2,26)16(19,20)21/h3-7,26H,1-2H3,(H,22,24)(H,23,25). The first-order chi connectivity index (χ1) is 13.2. The van der Waals surface area contributed by atoms with Crippen molar-refractivity contribution in [1.29, 1.82) is 0 Å². The van der Waals surface area contributed by atoms with E-state index in [1.165, 1.54) is 12.3 Å². The molecule has 2 aromatic rings. The Labute approximate surface area is 173 Å². The maximum atomic E-state index is 12.8. The molecule has 7 nitrogen and oxygen atoms in total. The molecule has 0 radical (unpaired) electrons. The summed E-state index contributed by atoms with van der Waals surface area (Å²) in [5.41, 5.74) is -3.32. The van der Waals surface area contributed by atoms with E-state index in [1.54, 1.807) is 18.3 Å². The lowest BCUT2D eigenvalue weighted by Gasteiger charge is -2.25. The van der Waals surface area contributed by atoms with E-state index in [2.05, 4.69) is 9.71 Å². The van der Waals surface area contributed by atoms with Gasteiger partial charge in [-0.15, -0.1) is 0 Å². The number of carbonyl (C=O) groups excluding carboxylic acids is 1. The zero-order valence-corrected chi connectivity index (χ0v) is 17.1. The Balaban J connectivity index is 2.33. The number of anilines is 2. The van der Waals surface area contributed by atoms with E-state index in [1.807, 2.05) is 0 Å². The van der Waals surface area contributed by atoms with Crippen molar-refractivity contribution in [2.45, 2.75) is 30.5 Å². The van der Waals surface area contributed by atoms with Gasteiger partial charge in [-0.2, -0.15) is 13.2 Å². The number of pyridine rings is 1. The number of aryl methyl sites for hydroxylation is 1. The van der Waals surface area contributed by atoms with Crippen molar-refractivity contribution in [2.75, 3.05) is 10.0 Å². The molecule has 2 rings (SSSR count). The highest BCUT2D eigenvalue weighted by Crippen LogP contribution is 2.37. The molecule has 0 fully saturated rings. The van der Waals surface area contributed by atoms with Gasteiger partial charge in [0.25, 0.3) is 15.9 Å². The summed E-state index contributed by atoms with van der Waals surface area (Å²) < 4.78 is 65.5. The molecule has 1 aromatic carbocycles. The predicted molar refractivity (Wildman–Crippen MR) is 102 cm³/mol. The van der Waals surface area contributed by atoms with E-state index in [-0.39, 0.29) is 12.7 Å². The van der Waals surface area contributed by atoms with Crippen LogP contribution in [0.5, 0.6) is 0 Å². The van der Waals surface area contributed by atoms with E-state index in [4.69, 9.17) is 23.2 Å². The number of rotatable bonds is 5. The monoisotopic (exact) mass is 471 g/mol. The summed E-state index contributed by atoms with van der Waals surface area (Å²) in [5.74, 6) is -1.82. The van der Waals surface area contributed by atoms with Crippen molar-refractivity contribution < 1.29 is 31.5 Å². The molecule has 1 atom stereocenters. The Hall–Kier alpha value is -2.08. The van der Waals surface area contributed by atoms with Gasteiger partial charge in [0.1, 0.15) is 10.7 Å². The summed E-state index contributed by atoms with van der Waals surface area (Å²) in [5, 5.41) is 10.1. The van der Waals surface area contributed by atoms with Crippen LogP contribution in [0.4, 0.5) is 24.7 Å². The number of carbonyl (C=O) groups is 1. The fourth-order valence-electron chi connectivity index (χ4n) is 1.93. The van der Waals surface area contributed by atoms with Crippen LogP contribution in [-0.4, -0.2) is 36.2 Å². The number of aromatic nitrogens is 1. The van der Waals surface area contributed by atoms with Crippen molar-refractivity contribution in [3.05, 3.63) is 46.1 Å². The third-order valence-corrected chi connectivity index (χ3v) is 6.12. The second-order valence-corrected chi connectivity index (χ2v) is 8.50. The van der Waals surface area contributed by atoms with E-state index >= 15 is 0 Å². The molecule has 1 amide bonds. The van der Waals surface area contributed by atoms with Gasteiger partial charge in [0.15, 0.2) is 0 Å². The highest BCUT2D eigenvalue weighted by Gasteiger charge is 2.55. The van der Waals surface area contributed by atoms with Crippen LogP contribution < -0.4 is 10.0 Å². The zero-order chi connectivity index (χ0) is 22.2. The Morgan fingerprint density at radius 2 is 1.76 bits per heavy atom. The number of alkyl halides is 3. The Morgan fingerprint density at radius 1 is 1.14 bits per heavy atom. The largest absolute Gasteiger partial charge is 0.426 e. The number of nitrogens with one attached hydrogen (secondary N) is 2. The molecule has 13 heteroatoms. The molecule has 29 heavy (non-hydrogen) atoms. The summed E-state index contributed by atoms with van der Waals surface area (Å²) in [7, 11) is -4.25. The maximum Gasteiger partial charge on any atom is 0.426 e. The molecule has 0 saturated heterocycles. The lowest BCUT2D eigenvalue weighted by molar-refractivity contribution is -0.242. The van der Waals surface area contributed by atoms with Gasteiger partial charge in [-0.25, -0.2) is 13.4 Å². The molecule has 0 aliphatic carbocycles. The summed E-state index contributed by atoms with van der Waals surface area (Å²) in [6, 6.07) is 4.90. The molecule has 0 aliphatic rings. The molecule has 1 aromatic heterocycles. The quantitative estimate of drug-likeness (QED) is 0.615. The minimum atomic E-state index is -5.25. The van der Waals surface area contributed by atoms with Crippen LogP contribution in [0.25, 0.3) is 0 Å². The Kier molecular flexibility index (Phi) is 6.38. The van der Waals surface area contributed by atoms with E-state index in [9.17, 15) is 31.5 Å². The average molecular weight is 472 g/mol. The molecule has 0 saturated carbocycles. The van der Waals surface area contributed by atoms with E-state index in [0.717, 1.165) is 17.7 Å². The lowest BCUT2D eigenvalue weighted by atomic mass is 10.1. The number of benzene rings is 1. The Bertz CT molecular complexity index is 1040. The second-order valence-electron chi connectivity index (χ2n) is 6.09. The van der Waals surface area contributed by atoms with Crippen LogP contribution in [0, 0.1) is 6.92 Å². The predicted octanol–water partition coefficient (Wildman–Crippen LogP) is 3.75. The first kappa shape index (κ1) is 23.2. The highest BCUT2D eigenvalue weighted by atomic mass is 35.5. The fraction of sp³-hybridized carbons (Fsp3) is 0.250. The van der Waals surface area contributed by atoms with Crippen LogP contribution in [-0.2, 0) is 14.8 Å². The van der Waals surface area contributed by atoms with Gasteiger partial charge in [-0.1, -0.05) is 29.3 Å². The topological polar surface area (TPSA) is 108 Å².